The lowest BCUT2D eigenvalue weighted by Crippen LogP contribution is -1.69. The zero-order valence-corrected chi connectivity index (χ0v) is 9.96. The highest BCUT2D eigenvalue weighted by atomic mass is 35.5. The molecule has 4 N–H and O–H groups in total. The largest absolute Gasteiger partial charge is 0.508 e. The molecule has 0 amide bonds. The van der Waals surface area contributed by atoms with Crippen LogP contribution in [0.1, 0.15) is 0 Å². The minimum absolute atomic E-state index is 0. The van der Waals surface area contributed by atoms with Gasteiger partial charge in [0.1, 0.15) is 22.9 Å². The van der Waals surface area contributed by atoms with Crippen molar-refractivity contribution in [2.24, 2.45) is 10.2 Å². The predicted octanol–water partition coefficient (Wildman–Crippen LogP) is 3.34. The van der Waals surface area contributed by atoms with E-state index in [9.17, 15) is 5.11 Å². The van der Waals surface area contributed by atoms with Gasteiger partial charge in [-0.25, -0.2) is 0 Å². The van der Waals surface area contributed by atoms with E-state index in [0.29, 0.717) is 10.7 Å². The first-order chi connectivity index (χ1) is 8.16. The molecule has 0 saturated heterocycles. The van der Waals surface area contributed by atoms with E-state index in [4.69, 9.17) is 16.7 Å². The molecule has 0 aliphatic heterocycles. The Kier molecular flexibility index (Phi) is 4.65. The number of phenols is 2. The first-order valence-corrected chi connectivity index (χ1v) is 5.23. The molecule has 0 aliphatic carbocycles. The van der Waals surface area contributed by atoms with Gasteiger partial charge in [-0.1, -0.05) is 23.7 Å². The van der Waals surface area contributed by atoms with Crippen molar-refractivity contribution in [3.63, 3.8) is 0 Å². The van der Waals surface area contributed by atoms with E-state index in [-0.39, 0.29) is 22.7 Å². The number of rotatable bonds is 2. The minimum atomic E-state index is -0.138. The average Bonchev–Trinajstić information content (AvgIpc) is 2.30. The van der Waals surface area contributed by atoms with Gasteiger partial charge in [-0.2, -0.15) is 0 Å². The highest BCUT2D eigenvalue weighted by Crippen LogP contribution is 2.32. The Balaban J connectivity index is 0.00000162. The first kappa shape index (κ1) is 14.0. The molecule has 0 aliphatic rings. The van der Waals surface area contributed by atoms with Crippen LogP contribution in [0, 0.1) is 0 Å². The van der Waals surface area contributed by atoms with Gasteiger partial charge in [-0.15, -0.1) is 10.2 Å². The van der Waals surface area contributed by atoms with Crippen molar-refractivity contribution in [2.75, 3.05) is 0 Å². The SMILES string of the molecule is O.Oc1ccc(N=Nc2ccccc2Cl)c(O)c1. The third kappa shape index (κ3) is 3.19. The number of nitrogens with zero attached hydrogens (tertiary/aromatic N) is 2. The molecule has 2 aromatic rings. The van der Waals surface area contributed by atoms with Crippen LogP contribution in [0.15, 0.2) is 52.7 Å². The second kappa shape index (κ2) is 6.00. The highest BCUT2D eigenvalue weighted by molar-refractivity contribution is 6.32. The fourth-order valence-corrected chi connectivity index (χ4v) is 1.41. The van der Waals surface area contributed by atoms with Crippen LogP contribution in [-0.2, 0) is 0 Å². The lowest BCUT2D eigenvalue weighted by molar-refractivity contribution is 0.451. The van der Waals surface area contributed by atoms with Gasteiger partial charge in [0.25, 0.3) is 0 Å². The van der Waals surface area contributed by atoms with E-state index >= 15 is 0 Å². The normalized spacial score (nSPS) is 10.3. The van der Waals surface area contributed by atoms with Crippen molar-refractivity contribution >= 4 is 23.0 Å². The Labute approximate surface area is 108 Å². The number of aromatic hydroxyl groups is 2. The summed E-state index contributed by atoms with van der Waals surface area (Å²) in [7, 11) is 0. The maximum absolute atomic E-state index is 9.49. The van der Waals surface area contributed by atoms with E-state index in [1.54, 1.807) is 24.3 Å². The van der Waals surface area contributed by atoms with Crippen molar-refractivity contribution in [1.29, 1.82) is 0 Å². The summed E-state index contributed by atoms with van der Waals surface area (Å²) in [5.41, 5.74) is 0.782. The van der Waals surface area contributed by atoms with Crippen molar-refractivity contribution in [3.05, 3.63) is 47.5 Å². The Morgan fingerprint density at radius 3 is 2.22 bits per heavy atom. The quantitative estimate of drug-likeness (QED) is 0.815. The van der Waals surface area contributed by atoms with E-state index in [2.05, 4.69) is 10.2 Å². The molecule has 2 aromatic carbocycles. The van der Waals surface area contributed by atoms with Gasteiger partial charge in [0.2, 0.25) is 0 Å². The van der Waals surface area contributed by atoms with Gasteiger partial charge in [-0.05, 0) is 24.3 Å². The van der Waals surface area contributed by atoms with Gasteiger partial charge < -0.3 is 15.7 Å². The van der Waals surface area contributed by atoms with Crippen LogP contribution in [-0.4, -0.2) is 15.7 Å². The summed E-state index contributed by atoms with van der Waals surface area (Å²) >= 11 is 5.90. The molecule has 6 heteroatoms. The number of phenolic OH excluding ortho intramolecular Hbond substituents is 2. The summed E-state index contributed by atoms with van der Waals surface area (Å²) < 4.78 is 0. The molecular weight excluding hydrogens is 256 g/mol. The average molecular weight is 267 g/mol. The maximum Gasteiger partial charge on any atom is 0.146 e. The zero-order chi connectivity index (χ0) is 12.3. The predicted molar refractivity (Wildman–Crippen MR) is 69.0 cm³/mol. The molecule has 0 saturated carbocycles. The van der Waals surface area contributed by atoms with Gasteiger partial charge in [-0.3, -0.25) is 0 Å². The summed E-state index contributed by atoms with van der Waals surface area (Å²) in [5.74, 6) is -0.167. The summed E-state index contributed by atoms with van der Waals surface area (Å²) in [6.07, 6.45) is 0. The standard InChI is InChI=1S/C12H9ClN2O2.H2O/c13-9-3-1-2-4-10(9)14-15-11-6-5-8(16)7-12(11)17;/h1-7,16-17H;1H2. The van der Waals surface area contributed by atoms with Crippen LogP contribution in [0.25, 0.3) is 0 Å². The van der Waals surface area contributed by atoms with Gasteiger partial charge >= 0.3 is 0 Å². The second-order valence-corrected chi connectivity index (χ2v) is 3.73. The van der Waals surface area contributed by atoms with Crippen molar-refractivity contribution in [3.8, 4) is 11.5 Å². The highest BCUT2D eigenvalue weighted by Gasteiger charge is 2.01. The molecule has 0 radical (unpaired) electrons. The Morgan fingerprint density at radius 1 is 0.889 bits per heavy atom. The van der Waals surface area contributed by atoms with Crippen molar-refractivity contribution < 1.29 is 15.7 Å². The van der Waals surface area contributed by atoms with Crippen LogP contribution < -0.4 is 0 Å². The molecule has 0 bridgehead atoms. The molecular formula is C12H11ClN2O3. The van der Waals surface area contributed by atoms with E-state index in [0.717, 1.165) is 0 Å². The molecule has 94 valence electrons. The third-order valence-corrected chi connectivity index (χ3v) is 2.40. The summed E-state index contributed by atoms with van der Waals surface area (Å²) in [5, 5.41) is 26.9. The van der Waals surface area contributed by atoms with Gasteiger partial charge in [0.15, 0.2) is 0 Å². The number of benzene rings is 2. The first-order valence-electron chi connectivity index (χ1n) is 4.85. The summed E-state index contributed by atoms with van der Waals surface area (Å²) in [4.78, 5) is 0. The van der Waals surface area contributed by atoms with Gasteiger partial charge in [0.05, 0.1) is 5.02 Å². The summed E-state index contributed by atoms with van der Waals surface area (Å²) in [6.45, 7) is 0. The Morgan fingerprint density at radius 2 is 1.56 bits per heavy atom. The lowest BCUT2D eigenvalue weighted by Gasteiger charge is -1.99. The molecule has 0 spiro atoms. The van der Waals surface area contributed by atoms with Crippen molar-refractivity contribution in [2.45, 2.75) is 0 Å². The molecule has 0 atom stereocenters. The van der Waals surface area contributed by atoms with Crippen LogP contribution in [0.4, 0.5) is 11.4 Å². The Hall–Kier alpha value is -2.11. The number of hydrogen-bond acceptors (Lipinski definition) is 4. The lowest BCUT2D eigenvalue weighted by atomic mass is 10.3. The molecule has 0 aromatic heterocycles. The Bertz CT molecular complexity index is 573. The topological polar surface area (TPSA) is 96.7 Å². The maximum atomic E-state index is 9.49. The fourth-order valence-electron chi connectivity index (χ4n) is 1.24. The molecule has 2 rings (SSSR count). The van der Waals surface area contributed by atoms with Crippen LogP contribution in [0.3, 0.4) is 0 Å². The third-order valence-electron chi connectivity index (χ3n) is 2.08. The molecule has 18 heavy (non-hydrogen) atoms. The smallest absolute Gasteiger partial charge is 0.146 e. The summed E-state index contributed by atoms with van der Waals surface area (Å²) in [6, 6.07) is 11.1. The number of halogens is 1. The number of hydrogen-bond donors (Lipinski definition) is 2. The monoisotopic (exact) mass is 266 g/mol. The molecule has 0 heterocycles. The van der Waals surface area contributed by atoms with E-state index < -0.39 is 0 Å². The van der Waals surface area contributed by atoms with Crippen LogP contribution in [0.5, 0.6) is 11.5 Å². The van der Waals surface area contributed by atoms with Crippen LogP contribution >= 0.6 is 11.6 Å². The zero-order valence-electron chi connectivity index (χ0n) is 9.21. The number of azo groups is 1. The van der Waals surface area contributed by atoms with E-state index in [1.807, 2.05) is 0 Å². The minimum Gasteiger partial charge on any atom is -0.508 e. The molecule has 0 unspecified atom stereocenters. The van der Waals surface area contributed by atoms with Crippen LogP contribution in [0.2, 0.25) is 5.02 Å². The van der Waals surface area contributed by atoms with E-state index in [1.165, 1.54) is 18.2 Å². The fraction of sp³-hybridized carbons (Fsp3) is 0. The molecule has 0 fully saturated rings. The second-order valence-electron chi connectivity index (χ2n) is 3.32. The molecule has 5 nitrogen and oxygen atoms in total. The van der Waals surface area contributed by atoms with Crippen molar-refractivity contribution in [1.82, 2.24) is 0 Å². The van der Waals surface area contributed by atoms with Gasteiger partial charge in [0, 0.05) is 6.07 Å².